The molecule has 2 atom stereocenters. The Morgan fingerprint density at radius 2 is 2.05 bits per heavy atom. The lowest BCUT2D eigenvalue weighted by Crippen LogP contribution is -2.51. The fourth-order valence-corrected chi connectivity index (χ4v) is 2.96. The molecule has 1 amide bonds. The molecule has 0 aromatic carbocycles. The van der Waals surface area contributed by atoms with E-state index in [0.29, 0.717) is 19.4 Å². The molecule has 2 N–H and O–H groups in total. The minimum atomic E-state index is -4.19. The quantitative estimate of drug-likeness (QED) is 0.826. The summed E-state index contributed by atoms with van der Waals surface area (Å²) in [7, 11) is 0. The van der Waals surface area contributed by atoms with Gasteiger partial charge in [-0.25, -0.2) is 0 Å². The maximum Gasteiger partial charge on any atom is 0.401 e. The van der Waals surface area contributed by atoms with Crippen LogP contribution in [0.4, 0.5) is 13.2 Å². The van der Waals surface area contributed by atoms with Gasteiger partial charge in [0.1, 0.15) is 0 Å². The van der Waals surface area contributed by atoms with Gasteiger partial charge in [0, 0.05) is 19.1 Å². The molecule has 2 heterocycles. The number of nitrogens with one attached hydrogen (secondary N) is 2. The molecule has 2 aliphatic rings. The van der Waals surface area contributed by atoms with Gasteiger partial charge >= 0.3 is 6.18 Å². The molecule has 4 nitrogen and oxygen atoms in total. The summed E-state index contributed by atoms with van der Waals surface area (Å²) in [5, 5.41) is 6.17. The Bertz CT molecular complexity index is 335. The standard InChI is InChI=1S/C13H22F3N3O.ClH/c14-13(15,16)9-19-6-2-3-10(8-19)12(20)18-11-4-1-5-17-7-11;/h10-11,17H,1-9H2,(H,18,20);1H/t10?,11-;/m0./s1. The highest BCUT2D eigenvalue weighted by molar-refractivity contribution is 5.85. The van der Waals surface area contributed by atoms with Gasteiger partial charge in [-0.2, -0.15) is 13.2 Å². The van der Waals surface area contributed by atoms with E-state index in [1.165, 1.54) is 4.90 Å². The van der Waals surface area contributed by atoms with Crippen molar-refractivity contribution in [2.45, 2.75) is 37.9 Å². The molecular weight excluding hydrogens is 307 g/mol. The lowest BCUT2D eigenvalue weighted by Gasteiger charge is -2.33. The number of hydrogen-bond acceptors (Lipinski definition) is 3. The summed E-state index contributed by atoms with van der Waals surface area (Å²) in [5.41, 5.74) is 0. The molecule has 2 rings (SSSR count). The average molecular weight is 330 g/mol. The van der Waals surface area contributed by atoms with E-state index >= 15 is 0 Å². The first-order valence-electron chi connectivity index (χ1n) is 7.24. The number of piperidine rings is 2. The molecule has 0 radical (unpaired) electrons. The summed E-state index contributed by atoms with van der Waals surface area (Å²) in [6.07, 6.45) is -0.892. The number of hydrogen-bond donors (Lipinski definition) is 2. The highest BCUT2D eigenvalue weighted by atomic mass is 35.5. The second kappa shape index (κ2) is 8.19. The molecule has 2 fully saturated rings. The molecule has 0 spiro atoms. The number of amides is 1. The van der Waals surface area contributed by atoms with Crippen molar-refractivity contribution < 1.29 is 18.0 Å². The topological polar surface area (TPSA) is 44.4 Å². The van der Waals surface area contributed by atoms with Gasteiger partial charge in [0.2, 0.25) is 5.91 Å². The summed E-state index contributed by atoms with van der Waals surface area (Å²) in [4.78, 5) is 13.5. The minimum absolute atomic E-state index is 0. The van der Waals surface area contributed by atoms with Crippen LogP contribution in [0.2, 0.25) is 0 Å². The van der Waals surface area contributed by atoms with E-state index in [1.807, 2.05) is 0 Å². The fraction of sp³-hybridized carbons (Fsp3) is 0.923. The summed E-state index contributed by atoms with van der Waals surface area (Å²) < 4.78 is 37.2. The number of halogens is 4. The lowest BCUT2D eigenvalue weighted by molar-refractivity contribution is -0.152. The van der Waals surface area contributed by atoms with E-state index in [9.17, 15) is 18.0 Å². The van der Waals surface area contributed by atoms with Crippen molar-refractivity contribution in [2.24, 2.45) is 5.92 Å². The van der Waals surface area contributed by atoms with Crippen LogP contribution in [-0.2, 0) is 4.79 Å². The minimum Gasteiger partial charge on any atom is -0.352 e. The maximum absolute atomic E-state index is 12.4. The van der Waals surface area contributed by atoms with Crippen LogP contribution in [0.25, 0.3) is 0 Å². The van der Waals surface area contributed by atoms with Crippen LogP contribution in [0.1, 0.15) is 25.7 Å². The average Bonchev–Trinajstić information content (AvgIpc) is 2.38. The Hall–Kier alpha value is -0.530. The summed E-state index contributed by atoms with van der Waals surface area (Å²) >= 11 is 0. The van der Waals surface area contributed by atoms with Gasteiger partial charge in [-0.3, -0.25) is 9.69 Å². The Kier molecular flexibility index (Phi) is 7.23. The smallest absolute Gasteiger partial charge is 0.352 e. The van der Waals surface area contributed by atoms with Gasteiger partial charge in [0.05, 0.1) is 12.5 Å². The van der Waals surface area contributed by atoms with Crippen LogP contribution >= 0.6 is 12.4 Å². The molecule has 2 aliphatic heterocycles. The van der Waals surface area contributed by atoms with E-state index in [2.05, 4.69) is 10.6 Å². The predicted octanol–water partition coefficient (Wildman–Crippen LogP) is 1.55. The number of carbonyl (C=O) groups is 1. The van der Waals surface area contributed by atoms with Gasteiger partial charge in [0.15, 0.2) is 0 Å². The van der Waals surface area contributed by atoms with E-state index in [1.54, 1.807) is 0 Å². The first-order valence-corrected chi connectivity index (χ1v) is 7.24. The number of nitrogens with zero attached hydrogens (tertiary/aromatic N) is 1. The molecule has 0 aliphatic carbocycles. The molecule has 0 bridgehead atoms. The Morgan fingerprint density at radius 3 is 2.67 bits per heavy atom. The summed E-state index contributed by atoms with van der Waals surface area (Å²) in [6.45, 7) is 1.45. The monoisotopic (exact) mass is 329 g/mol. The Balaban J connectivity index is 0.00000220. The number of rotatable bonds is 3. The van der Waals surface area contributed by atoms with Crippen LogP contribution in [0, 0.1) is 5.92 Å². The van der Waals surface area contributed by atoms with Crippen molar-refractivity contribution >= 4 is 18.3 Å². The second-order valence-electron chi connectivity index (χ2n) is 5.74. The van der Waals surface area contributed by atoms with E-state index < -0.39 is 12.7 Å². The highest BCUT2D eigenvalue weighted by Crippen LogP contribution is 2.22. The van der Waals surface area contributed by atoms with Crippen LogP contribution in [0.15, 0.2) is 0 Å². The van der Waals surface area contributed by atoms with Gasteiger partial charge in [-0.15, -0.1) is 12.4 Å². The van der Waals surface area contributed by atoms with Gasteiger partial charge in [0.25, 0.3) is 0 Å². The molecule has 0 aromatic rings. The predicted molar refractivity (Wildman–Crippen MR) is 76.5 cm³/mol. The number of carbonyl (C=O) groups excluding carboxylic acids is 1. The number of alkyl halides is 3. The molecule has 2 saturated heterocycles. The highest BCUT2D eigenvalue weighted by Gasteiger charge is 2.35. The third-order valence-electron chi connectivity index (χ3n) is 3.92. The van der Waals surface area contributed by atoms with Gasteiger partial charge < -0.3 is 10.6 Å². The van der Waals surface area contributed by atoms with Crippen molar-refractivity contribution in [3.8, 4) is 0 Å². The van der Waals surface area contributed by atoms with Crippen molar-refractivity contribution in [2.75, 3.05) is 32.7 Å². The summed E-state index contributed by atoms with van der Waals surface area (Å²) in [6, 6.07) is 0.120. The third-order valence-corrected chi connectivity index (χ3v) is 3.92. The normalized spacial score (nSPS) is 27.8. The van der Waals surface area contributed by atoms with Gasteiger partial charge in [-0.1, -0.05) is 0 Å². The van der Waals surface area contributed by atoms with E-state index in [-0.39, 0.29) is 36.8 Å². The van der Waals surface area contributed by atoms with Crippen LogP contribution in [0.5, 0.6) is 0 Å². The molecule has 124 valence electrons. The first-order chi connectivity index (χ1) is 9.44. The largest absolute Gasteiger partial charge is 0.401 e. The van der Waals surface area contributed by atoms with Crippen molar-refractivity contribution in [1.29, 1.82) is 0 Å². The second-order valence-corrected chi connectivity index (χ2v) is 5.74. The molecule has 0 aromatic heterocycles. The lowest BCUT2D eigenvalue weighted by atomic mass is 9.96. The first kappa shape index (κ1) is 18.5. The fourth-order valence-electron chi connectivity index (χ4n) is 2.96. The molecular formula is C13H23ClF3N3O. The SMILES string of the molecule is Cl.O=C(N[C@H]1CCCNC1)C1CCCN(CC(F)(F)F)C1. The molecule has 0 saturated carbocycles. The maximum atomic E-state index is 12.4. The van der Waals surface area contributed by atoms with Crippen molar-refractivity contribution in [3.63, 3.8) is 0 Å². The number of likely N-dealkylation sites (tertiary alicyclic amines) is 1. The Morgan fingerprint density at radius 1 is 1.29 bits per heavy atom. The third kappa shape index (κ3) is 6.40. The zero-order chi connectivity index (χ0) is 14.6. The van der Waals surface area contributed by atoms with Crippen LogP contribution < -0.4 is 10.6 Å². The molecule has 21 heavy (non-hydrogen) atoms. The molecule has 1 unspecified atom stereocenters. The summed E-state index contributed by atoms with van der Waals surface area (Å²) in [5.74, 6) is -0.404. The van der Waals surface area contributed by atoms with Gasteiger partial charge in [-0.05, 0) is 38.8 Å². The van der Waals surface area contributed by atoms with Crippen molar-refractivity contribution in [3.05, 3.63) is 0 Å². The van der Waals surface area contributed by atoms with E-state index in [4.69, 9.17) is 0 Å². The van der Waals surface area contributed by atoms with E-state index in [0.717, 1.165) is 25.9 Å². The van der Waals surface area contributed by atoms with Crippen LogP contribution in [0.3, 0.4) is 0 Å². The Labute approximate surface area is 129 Å². The van der Waals surface area contributed by atoms with Crippen LogP contribution in [-0.4, -0.2) is 55.7 Å². The zero-order valence-electron chi connectivity index (χ0n) is 11.9. The van der Waals surface area contributed by atoms with Crippen molar-refractivity contribution in [1.82, 2.24) is 15.5 Å². The zero-order valence-corrected chi connectivity index (χ0v) is 12.7. The molecule has 8 heteroatoms.